The van der Waals surface area contributed by atoms with Gasteiger partial charge in [0.2, 0.25) is 5.95 Å². The molecule has 0 aliphatic rings. The summed E-state index contributed by atoms with van der Waals surface area (Å²) in [6.45, 7) is 0.431. The van der Waals surface area contributed by atoms with Crippen LogP contribution in [-0.4, -0.2) is 20.9 Å². The van der Waals surface area contributed by atoms with Crippen LogP contribution < -0.4 is 15.4 Å². The molecule has 0 radical (unpaired) electrons. The molecule has 0 saturated heterocycles. The molecule has 4 rings (SSSR count). The lowest BCUT2D eigenvalue weighted by Gasteiger charge is -2.11. The zero-order valence-corrected chi connectivity index (χ0v) is 17.1. The van der Waals surface area contributed by atoms with Crippen LogP contribution in [0.25, 0.3) is 0 Å². The highest BCUT2D eigenvalue weighted by Gasteiger charge is 2.15. The van der Waals surface area contributed by atoms with Crippen LogP contribution in [0, 0.1) is 0 Å². The third-order valence-electron chi connectivity index (χ3n) is 4.24. The van der Waals surface area contributed by atoms with Crippen LogP contribution in [0.2, 0.25) is 5.02 Å². The molecule has 0 aliphatic heterocycles. The monoisotopic (exact) mass is 431 g/mol. The van der Waals surface area contributed by atoms with Crippen molar-refractivity contribution in [2.75, 3.05) is 10.6 Å². The zero-order chi connectivity index (χ0) is 21.5. The van der Waals surface area contributed by atoms with Crippen molar-refractivity contribution in [2.45, 2.75) is 6.61 Å². The van der Waals surface area contributed by atoms with E-state index in [-0.39, 0.29) is 16.7 Å². The topological polar surface area (TPSA) is 89.0 Å². The van der Waals surface area contributed by atoms with Crippen LogP contribution in [-0.2, 0) is 6.61 Å². The number of ether oxygens (including phenoxy) is 1. The second-order valence-electron chi connectivity index (χ2n) is 6.51. The minimum atomic E-state index is -0.453. The minimum absolute atomic E-state index is 0.0591. The molecular formula is C23H18ClN5O2. The molecule has 4 aromatic rings. The van der Waals surface area contributed by atoms with Crippen LogP contribution in [0.4, 0.5) is 17.3 Å². The van der Waals surface area contributed by atoms with E-state index in [1.165, 1.54) is 6.20 Å². The van der Waals surface area contributed by atoms with Gasteiger partial charge in [0, 0.05) is 29.8 Å². The molecule has 0 saturated carbocycles. The van der Waals surface area contributed by atoms with Crippen molar-refractivity contribution in [3.8, 4) is 5.75 Å². The molecule has 0 bridgehead atoms. The number of hydrogen-bond acceptors (Lipinski definition) is 6. The number of amides is 1. The van der Waals surface area contributed by atoms with E-state index in [2.05, 4.69) is 25.6 Å². The Labute approximate surface area is 184 Å². The summed E-state index contributed by atoms with van der Waals surface area (Å²) in [4.78, 5) is 25.1. The van der Waals surface area contributed by atoms with Gasteiger partial charge >= 0.3 is 0 Å². The molecule has 2 aromatic carbocycles. The van der Waals surface area contributed by atoms with Crippen LogP contribution in [0.3, 0.4) is 0 Å². The van der Waals surface area contributed by atoms with Gasteiger partial charge in [0.1, 0.15) is 12.4 Å². The summed E-state index contributed by atoms with van der Waals surface area (Å²) in [5, 5.41) is 5.96. The molecular weight excluding hydrogens is 414 g/mol. The van der Waals surface area contributed by atoms with Crippen LogP contribution in [0.15, 0.2) is 85.3 Å². The Kier molecular flexibility index (Phi) is 6.35. The van der Waals surface area contributed by atoms with E-state index in [1.807, 2.05) is 36.4 Å². The lowest BCUT2D eigenvalue weighted by atomic mass is 10.2. The summed E-state index contributed by atoms with van der Waals surface area (Å²) in [5.41, 5.74) is 2.42. The molecule has 0 aliphatic carbocycles. The second kappa shape index (κ2) is 9.69. The lowest BCUT2D eigenvalue weighted by molar-refractivity contribution is 0.102. The van der Waals surface area contributed by atoms with Crippen molar-refractivity contribution < 1.29 is 9.53 Å². The van der Waals surface area contributed by atoms with Gasteiger partial charge in [0.05, 0.1) is 11.2 Å². The fourth-order valence-corrected chi connectivity index (χ4v) is 2.92. The van der Waals surface area contributed by atoms with Crippen molar-refractivity contribution >= 4 is 34.8 Å². The molecule has 2 N–H and O–H groups in total. The molecule has 2 heterocycles. The van der Waals surface area contributed by atoms with Gasteiger partial charge in [0.25, 0.3) is 5.91 Å². The summed E-state index contributed by atoms with van der Waals surface area (Å²) in [6.07, 6.45) is 4.66. The maximum Gasteiger partial charge on any atom is 0.276 e. The summed E-state index contributed by atoms with van der Waals surface area (Å²) >= 11 is 6.16. The number of halogens is 1. The largest absolute Gasteiger partial charge is 0.489 e. The number of carbonyl (C=O) groups is 1. The molecule has 31 heavy (non-hydrogen) atoms. The van der Waals surface area contributed by atoms with Crippen molar-refractivity contribution in [2.24, 2.45) is 0 Å². The van der Waals surface area contributed by atoms with Gasteiger partial charge in [-0.25, -0.2) is 9.97 Å². The van der Waals surface area contributed by atoms with Gasteiger partial charge in [-0.2, -0.15) is 0 Å². The highest BCUT2D eigenvalue weighted by atomic mass is 35.5. The first kappa shape index (κ1) is 20.3. The van der Waals surface area contributed by atoms with Gasteiger partial charge in [-0.05, 0) is 29.8 Å². The number of hydrogen-bond donors (Lipinski definition) is 2. The summed E-state index contributed by atoms with van der Waals surface area (Å²) < 4.78 is 5.81. The number of rotatable bonds is 7. The molecule has 2 aromatic heterocycles. The number of aromatic nitrogens is 3. The van der Waals surface area contributed by atoms with Gasteiger partial charge in [-0.3, -0.25) is 9.78 Å². The molecule has 1 amide bonds. The summed E-state index contributed by atoms with van der Waals surface area (Å²) in [5.74, 6) is 0.432. The Morgan fingerprint density at radius 3 is 2.58 bits per heavy atom. The smallest absolute Gasteiger partial charge is 0.276 e. The fourth-order valence-electron chi connectivity index (χ4n) is 2.75. The first-order valence-electron chi connectivity index (χ1n) is 9.45. The number of carbonyl (C=O) groups excluding carboxylic acids is 1. The average Bonchev–Trinajstić information content (AvgIpc) is 2.80. The van der Waals surface area contributed by atoms with Crippen LogP contribution in [0.1, 0.15) is 16.1 Å². The standard InChI is InChI=1S/C23H18ClN5O2/c24-20-14-26-23(28-17-9-11-25-12-10-17)29-21(20)22(30)27-18-7-4-8-19(13-18)31-15-16-5-2-1-3-6-16/h1-14H,15H2,(H,27,30)(H,25,26,28,29). The van der Waals surface area contributed by atoms with E-state index in [9.17, 15) is 4.79 Å². The van der Waals surface area contributed by atoms with E-state index in [4.69, 9.17) is 16.3 Å². The van der Waals surface area contributed by atoms with Crippen LogP contribution in [0.5, 0.6) is 5.75 Å². The Hall–Kier alpha value is -3.97. The average molecular weight is 432 g/mol. The quantitative estimate of drug-likeness (QED) is 0.423. The highest BCUT2D eigenvalue weighted by molar-refractivity contribution is 6.34. The fraction of sp³-hybridized carbons (Fsp3) is 0.0435. The predicted molar refractivity (Wildman–Crippen MR) is 120 cm³/mol. The van der Waals surface area contributed by atoms with E-state index >= 15 is 0 Å². The molecule has 0 spiro atoms. The molecule has 0 fully saturated rings. The predicted octanol–water partition coefficient (Wildman–Crippen LogP) is 5.10. The molecule has 154 valence electrons. The third-order valence-corrected chi connectivity index (χ3v) is 4.51. The van der Waals surface area contributed by atoms with Crippen molar-refractivity contribution in [1.29, 1.82) is 0 Å². The van der Waals surface area contributed by atoms with Gasteiger partial charge in [-0.15, -0.1) is 0 Å². The first-order chi connectivity index (χ1) is 15.2. The molecule has 0 atom stereocenters. The zero-order valence-electron chi connectivity index (χ0n) is 16.3. The molecule has 7 nitrogen and oxygen atoms in total. The second-order valence-corrected chi connectivity index (χ2v) is 6.91. The van der Waals surface area contributed by atoms with E-state index in [0.717, 1.165) is 11.3 Å². The van der Waals surface area contributed by atoms with Crippen LogP contribution >= 0.6 is 11.6 Å². The Morgan fingerprint density at radius 2 is 1.77 bits per heavy atom. The maximum absolute atomic E-state index is 12.8. The summed E-state index contributed by atoms with van der Waals surface area (Å²) in [7, 11) is 0. The van der Waals surface area contributed by atoms with Crippen molar-refractivity contribution in [3.63, 3.8) is 0 Å². The maximum atomic E-state index is 12.8. The SMILES string of the molecule is O=C(Nc1cccc(OCc2ccccc2)c1)c1nc(Nc2ccncc2)ncc1Cl. The first-order valence-corrected chi connectivity index (χ1v) is 9.83. The number of nitrogens with zero attached hydrogens (tertiary/aromatic N) is 3. The van der Waals surface area contributed by atoms with Crippen molar-refractivity contribution in [1.82, 2.24) is 15.0 Å². The van der Waals surface area contributed by atoms with E-state index in [1.54, 1.807) is 42.7 Å². The minimum Gasteiger partial charge on any atom is -0.489 e. The Bertz CT molecular complexity index is 1170. The number of nitrogens with one attached hydrogen (secondary N) is 2. The normalized spacial score (nSPS) is 10.4. The molecule has 0 unspecified atom stereocenters. The highest BCUT2D eigenvalue weighted by Crippen LogP contribution is 2.22. The number of benzene rings is 2. The summed E-state index contributed by atoms with van der Waals surface area (Å²) in [6, 6.07) is 20.5. The Morgan fingerprint density at radius 1 is 0.968 bits per heavy atom. The Balaban J connectivity index is 1.45. The third kappa shape index (κ3) is 5.55. The number of pyridine rings is 1. The van der Waals surface area contributed by atoms with Gasteiger partial charge < -0.3 is 15.4 Å². The number of anilines is 3. The van der Waals surface area contributed by atoms with E-state index in [0.29, 0.717) is 18.0 Å². The molecule has 8 heteroatoms. The van der Waals surface area contributed by atoms with Gasteiger partial charge in [-0.1, -0.05) is 48.0 Å². The van der Waals surface area contributed by atoms with Gasteiger partial charge in [0.15, 0.2) is 5.69 Å². The van der Waals surface area contributed by atoms with Crippen molar-refractivity contribution in [3.05, 3.63) is 102 Å². The van der Waals surface area contributed by atoms with E-state index < -0.39 is 5.91 Å². The lowest BCUT2D eigenvalue weighted by Crippen LogP contribution is -2.15.